The maximum Gasteiger partial charge on any atom is 0.321 e. The van der Waals surface area contributed by atoms with Crippen LogP contribution in [0.4, 0.5) is 10.7 Å². The van der Waals surface area contributed by atoms with Gasteiger partial charge in [-0.25, -0.2) is 9.48 Å². The van der Waals surface area contributed by atoms with Gasteiger partial charge in [0.25, 0.3) is 5.95 Å². The van der Waals surface area contributed by atoms with Crippen molar-refractivity contribution in [2.75, 3.05) is 11.9 Å². The minimum Gasteiger partial charge on any atom is -0.373 e. The maximum atomic E-state index is 12.2. The van der Waals surface area contributed by atoms with Crippen LogP contribution in [-0.4, -0.2) is 44.5 Å². The highest BCUT2D eigenvalue weighted by Gasteiger charge is 2.45. The molecule has 1 aromatic heterocycles. The summed E-state index contributed by atoms with van der Waals surface area (Å²) >= 11 is 0. The Bertz CT molecular complexity index is 497. The quantitative estimate of drug-likeness (QED) is 0.876. The Kier molecular flexibility index (Phi) is 4.05. The number of carbonyl (C=O) groups excluding carboxylic acids is 1. The fraction of sp³-hybridized carbons (Fsp3) is 0.846. The summed E-state index contributed by atoms with van der Waals surface area (Å²) in [4.78, 5) is 12.2. The zero-order valence-corrected chi connectivity index (χ0v) is 12.3. The number of rotatable bonds is 3. The number of ether oxygens (including phenoxy) is 1. The molecule has 2 aliphatic rings. The molecular formula is C13H22N6O2. The molecule has 1 unspecified atom stereocenters. The number of amides is 2. The van der Waals surface area contributed by atoms with Crippen molar-refractivity contribution in [2.24, 2.45) is 0 Å². The van der Waals surface area contributed by atoms with Gasteiger partial charge in [-0.3, -0.25) is 5.32 Å². The van der Waals surface area contributed by atoms with Crippen LogP contribution >= 0.6 is 0 Å². The molecule has 21 heavy (non-hydrogen) atoms. The molecule has 3 rings (SSSR count). The van der Waals surface area contributed by atoms with Crippen molar-refractivity contribution < 1.29 is 9.53 Å². The van der Waals surface area contributed by atoms with Crippen LogP contribution in [0.1, 0.15) is 45.4 Å². The summed E-state index contributed by atoms with van der Waals surface area (Å²) in [7, 11) is 0. The van der Waals surface area contributed by atoms with Crippen LogP contribution < -0.4 is 10.6 Å². The molecule has 2 amide bonds. The zero-order valence-electron chi connectivity index (χ0n) is 12.3. The molecule has 1 saturated heterocycles. The number of anilines is 1. The van der Waals surface area contributed by atoms with Crippen molar-refractivity contribution in [3.8, 4) is 0 Å². The van der Waals surface area contributed by atoms with Crippen molar-refractivity contribution in [2.45, 2.75) is 63.6 Å². The highest BCUT2D eigenvalue weighted by atomic mass is 16.5. The largest absolute Gasteiger partial charge is 0.373 e. The molecule has 0 aromatic carbocycles. The predicted molar refractivity (Wildman–Crippen MR) is 75.8 cm³/mol. The molecule has 1 saturated carbocycles. The number of urea groups is 1. The van der Waals surface area contributed by atoms with Crippen LogP contribution in [0.5, 0.6) is 0 Å². The second-order valence-electron chi connectivity index (χ2n) is 5.73. The Morgan fingerprint density at radius 2 is 2.24 bits per heavy atom. The fourth-order valence-corrected chi connectivity index (χ4v) is 3.39. The van der Waals surface area contributed by atoms with Crippen molar-refractivity contribution in [1.82, 2.24) is 25.5 Å². The van der Waals surface area contributed by atoms with E-state index in [0.29, 0.717) is 12.5 Å². The van der Waals surface area contributed by atoms with Crippen molar-refractivity contribution >= 4 is 12.0 Å². The van der Waals surface area contributed by atoms with E-state index in [2.05, 4.69) is 26.2 Å². The van der Waals surface area contributed by atoms with Crippen LogP contribution in [0.25, 0.3) is 0 Å². The molecule has 116 valence electrons. The van der Waals surface area contributed by atoms with E-state index in [1.54, 1.807) is 4.68 Å². The molecule has 1 spiro atoms. The number of hydrogen-bond donors (Lipinski definition) is 2. The summed E-state index contributed by atoms with van der Waals surface area (Å²) in [5, 5.41) is 16.9. The van der Waals surface area contributed by atoms with Crippen LogP contribution in [0.3, 0.4) is 0 Å². The molecule has 1 aromatic rings. The lowest BCUT2D eigenvalue weighted by Crippen LogP contribution is -2.52. The first-order valence-electron chi connectivity index (χ1n) is 7.71. The van der Waals surface area contributed by atoms with Gasteiger partial charge in [0.1, 0.15) is 0 Å². The SMILES string of the molecule is CCn1nnnc1NC(=O)NC1CCOC12CCCCC2. The Balaban J connectivity index is 1.61. The lowest BCUT2D eigenvalue weighted by atomic mass is 9.80. The molecule has 8 nitrogen and oxygen atoms in total. The first-order valence-corrected chi connectivity index (χ1v) is 7.71. The van der Waals surface area contributed by atoms with Crippen molar-refractivity contribution in [3.05, 3.63) is 0 Å². The summed E-state index contributed by atoms with van der Waals surface area (Å²) in [6, 6.07) is -0.191. The number of aromatic nitrogens is 4. The van der Waals surface area contributed by atoms with E-state index in [-0.39, 0.29) is 17.7 Å². The van der Waals surface area contributed by atoms with Crippen molar-refractivity contribution in [1.29, 1.82) is 0 Å². The van der Waals surface area contributed by atoms with E-state index < -0.39 is 0 Å². The second-order valence-corrected chi connectivity index (χ2v) is 5.73. The standard InChI is InChI=1S/C13H22N6O2/c1-2-19-11(16-17-18-19)15-12(20)14-10-6-9-21-13(10)7-4-3-5-8-13/h10H,2-9H2,1H3,(H2,14,15,16,18,20). The van der Waals surface area contributed by atoms with E-state index in [9.17, 15) is 4.79 Å². The minimum absolute atomic E-state index is 0.0729. The van der Waals surface area contributed by atoms with Gasteiger partial charge < -0.3 is 10.1 Å². The molecular weight excluding hydrogens is 272 g/mol. The minimum atomic E-state index is -0.264. The molecule has 1 aliphatic heterocycles. The number of nitrogens with one attached hydrogen (secondary N) is 2. The third-order valence-electron chi connectivity index (χ3n) is 4.49. The highest BCUT2D eigenvalue weighted by Crippen LogP contribution is 2.39. The van der Waals surface area contributed by atoms with E-state index in [1.807, 2.05) is 6.92 Å². The third kappa shape index (κ3) is 2.85. The van der Waals surface area contributed by atoms with Crippen LogP contribution in [-0.2, 0) is 11.3 Å². The van der Waals surface area contributed by atoms with E-state index in [1.165, 1.54) is 19.3 Å². The number of carbonyl (C=O) groups is 1. The van der Waals surface area contributed by atoms with Gasteiger partial charge in [0.05, 0.1) is 11.6 Å². The third-order valence-corrected chi connectivity index (χ3v) is 4.49. The summed E-state index contributed by atoms with van der Waals surface area (Å²) in [6.45, 7) is 3.25. The monoisotopic (exact) mass is 294 g/mol. The molecule has 2 heterocycles. The Morgan fingerprint density at radius 1 is 1.43 bits per heavy atom. The molecule has 0 bridgehead atoms. The summed E-state index contributed by atoms with van der Waals surface area (Å²) in [5.41, 5.74) is -0.160. The lowest BCUT2D eigenvalue weighted by Gasteiger charge is -2.37. The van der Waals surface area contributed by atoms with Gasteiger partial charge in [-0.05, 0) is 36.6 Å². The average Bonchev–Trinajstić information content (AvgIpc) is 3.08. The lowest BCUT2D eigenvalue weighted by molar-refractivity contribution is -0.0365. The van der Waals surface area contributed by atoms with Crippen LogP contribution in [0, 0.1) is 0 Å². The van der Waals surface area contributed by atoms with E-state index in [0.717, 1.165) is 25.9 Å². The normalized spacial score (nSPS) is 24.1. The molecule has 1 aliphatic carbocycles. The smallest absolute Gasteiger partial charge is 0.321 e. The fourth-order valence-electron chi connectivity index (χ4n) is 3.39. The van der Waals surface area contributed by atoms with E-state index in [4.69, 9.17) is 4.74 Å². The van der Waals surface area contributed by atoms with Crippen LogP contribution in [0.2, 0.25) is 0 Å². The first-order chi connectivity index (χ1) is 10.2. The number of aryl methyl sites for hydroxylation is 1. The molecule has 1 atom stereocenters. The first kappa shape index (κ1) is 14.2. The number of nitrogens with zero attached hydrogens (tertiary/aromatic N) is 4. The number of tetrazole rings is 1. The summed E-state index contributed by atoms with van der Waals surface area (Å²) in [6.07, 6.45) is 6.54. The Morgan fingerprint density at radius 3 is 3.00 bits per heavy atom. The predicted octanol–water partition coefficient (Wildman–Crippen LogP) is 1.31. The molecule has 0 radical (unpaired) electrons. The Hall–Kier alpha value is -1.70. The van der Waals surface area contributed by atoms with Gasteiger partial charge in [-0.15, -0.1) is 0 Å². The second kappa shape index (κ2) is 5.97. The van der Waals surface area contributed by atoms with Gasteiger partial charge in [0.15, 0.2) is 0 Å². The number of hydrogen-bond acceptors (Lipinski definition) is 5. The molecule has 2 fully saturated rings. The summed E-state index contributed by atoms with van der Waals surface area (Å²) < 4.78 is 7.53. The Labute approximate surface area is 123 Å². The molecule has 8 heteroatoms. The maximum absolute atomic E-state index is 12.2. The summed E-state index contributed by atoms with van der Waals surface area (Å²) in [5.74, 6) is 0.367. The van der Waals surface area contributed by atoms with Gasteiger partial charge in [-0.1, -0.05) is 24.4 Å². The zero-order chi connectivity index (χ0) is 14.7. The van der Waals surface area contributed by atoms with E-state index >= 15 is 0 Å². The highest BCUT2D eigenvalue weighted by molar-refractivity contribution is 5.87. The topological polar surface area (TPSA) is 94.0 Å². The van der Waals surface area contributed by atoms with Gasteiger partial charge in [-0.2, -0.15) is 0 Å². The average molecular weight is 294 g/mol. The van der Waals surface area contributed by atoms with Gasteiger partial charge in [0.2, 0.25) is 0 Å². The van der Waals surface area contributed by atoms with Crippen molar-refractivity contribution in [3.63, 3.8) is 0 Å². The van der Waals surface area contributed by atoms with Gasteiger partial charge in [0, 0.05) is 13.2 Å². The van der Waals surface area contributed by atoms with Gasteiger partial charge >= 0.3 is 6.03 Å². The van der Waals surface area contributed by atoms with Crippen LogP contribution in [0.15, 0.2) is 0 Å². The molecule has 2 N–H and O–H groups in total.